The van der Waals surface area contributed by atoms with Gasteiger partial charge >= 0.3 is 10.4 Å². The molecule has 64 heavy (non-hydrogen) atoms. The molecule has 3 saturated carbocycles. The first kappa shape index (κ1) is 50.6. The number of hydrogen-bond donors (Lipinski definition) is 9. The molecule has 0 amide bonds. The number of ether oxygens (including phenoxy) is 6. The van der Waals surface area contributed by atoms with E-state index in [1.165, 1.54) is 12.5 Å². The Hall–Kier alpha value is -1.28. The standard InChI is InChI=1S/C44H72O19S/c1-19(2)14-22(45)17-44(7,53)30-9-8-25-24-16-29(27-15-23(63-64(54,55)56)10-12-42(27,5)26(24)11-13-43(25,30)6)60-40-36(52)37(32(48)21(4)59-40)61-41-38(33(49)28(46)18-57-41)62-39-35(51)34(50)31(47)20(3)58-39/h11,19-21,23-25,27-41,46-53H,8-10,12-18H2,1-7H3,(H,54,55,56)/t20-,21+,23+,24+,25+,27-,28+,29+,30+,31-,32-,33-,34+,35-,36-,37+,38+,39-,40+,41+,42-,43+,44+/m1/s1. The Balaban J connectivity index is 1.15. The minimum atomic E-state index is -4.79. The number of carbonyl (C=O) groups excluding carboxylic acids is 1. The molecule has 0 aromatic carbocycles. The number of hydrogen-bond acceptors (Lipinski definition) is 18. The van der Waals surface area contributed by atoms with E-state index >= 15 is 0 Å². The number of rotatable bonds is 13. The Kier molecular flexibility index (Phi) is 14.9. The monoisotopic (exact) mass is 936 g/mol. The van der Waals surface area contributed by atoms with Crippen molar-refractivity contribution in [3.05, 3.63) is 11.6 Å². The van der Waals surface area contributed by atoms with Gasteiger partial charge in [0.25, 0.3) is 0 Å². The highest BCUT2D eigenvalue weighted by Gasteiger charge is 2.63. The maximum atomic E-state index is 13.1. The SMILES string of the molecule is CC(C)CC(=O)C[C@](C)(O)[C@H]1CC[C@H]2[C@@H]3C[C@H](O[C@@H]4O[C@@H](C)[C@@H](O)[C@H](O[C@@H]5OC[C@H](O)[C@@H](O)[C@@H]5O[C@H]5O[C@H](C)[C@@H](O)[C@H](O)[C@H]5O)[C@H]4O)[C@H]4C[C@@H](OS(=O)(=O)O)CC[C@]4(C)C3=CC[C@@]21C. The molecule has 23 atom stereocenters. The third kappa shape index (κ3) is 9.79. The summed E-state index contributed by atoms with van der Waals surface area (Å²) >= 11 is 0. The van der Waals surface area contributed by atoms with Crippen LogP contribution in [0.4, 0.5) is 0 Å². The minimum Gasteiger partial charge on any atom is -0.389 e. The third-order valence-corrected chi connectivity index (χ3v) is 16.6. The van der Waals surface area contributed by atoms with E-state index in [0.717, 1.165) is 6.42 Å². The Bertz CT molecular complexity index is 1800. The second kappa shape index (κ2) is 18.9. The van der Waals surface area contributed by atoms with Gasteiger partial charge in [0.2, 0.25) is 0 Å². The molecule has 0 aromatic heterocycles. The van der Waals surface area contributed by atoms with Crippen LogP contribution in [0.2, 0.25) is 0 Å². The Morgan fingerprint density at radius 3 is 2.12 bits per heavy atom. The van der Waals surface area contributed by atoms with E-state index < -0.39 is 132 Å². The predicted octanol–water partition coefficient (Wildman–Crippen LogP) is 0.647. The van der Waals surface area contributed by atoms with Crippen LogP contribution in [-0.2, 0) is 47.8 Å². The number of carbonyl (C=O) groups is 1. The summed E-state index contributed by atoms with van der Waals surface area (Å²) in [6.07, 6.45) is -16.4. The zero-order valence-corrected chi connectivity index (χ0v) is 38.6. The van der Waals surface area contributed by atoms with E-state index in [2.05, 4.69) is 19.9 Å². The van der Waals surface area contributed by atoms with E-state index in [-0.39, 0.29) is 47.7 Å². The number of aliphatic hydroxyl groups excluding tert-OH is 7. The fourth-order valence-corrected chi connectivity index (χ4v) is 13.4. The highest BCUT2D eigenvalue weighted by molar-refractivity contribution is 7.80. The molecule has 0 radical (unpaired) electrons. The number of Topliss-reactive ketones (excluding diaryl/α,β-unsaturated/α-hetero) is 1. The highest BCUT2D eigenvalue weighted by Crippen LogP contribution is 2.67. The molecular formula is C44H72O19S. The van der Waals surface area contributed by atoms with Gasteiger partial charge in [0, 0.05) is 12.8 Å². The van der Waals surface area contributed by atoms with Gasteiger partial charge in [-0.1, -0.05) is 39.3 Å². The second-order valence-corrected chi connectivity index (χ2v) is 22.1. The smallest absolute Gasteiger partial charge is 0.389 e. The predicted molar refractivity (Wildman–Crippen MR) is 222 cm³/mol. The number of aliphatic hydroxyl groups is 8. The summed E-state index contributed by atoms with van der Waals surface area (Å²) in [4.78, 5) is 13.1. The first-order valence-corrected chi connectivity index (χ1v) is 24.4. The number of allylic oxidation sites excluding steroid dienone is 2. The van der Waals surface area contributed by atoms with Crippen molar-refractivity contribution < 1.29 is 91.2 Å². The number of ketones is 1. The summed E-state index contributed by atoms with van der Waals surface area (Å²) in [7, 11) is -4.79. The number of fused-ring (bicyclic) bond motifs is 5. The normalized spacial score (nSPS) is 49.6. The second-order valence-electron chi connectivity index (χ2n) is 21.1. The van der Waals surface area contributed by atoms with Gasteiger partial charge in [-0.25, -0.2) is 4.18 Å². The molecular weight excluding hydrogens is 865 g/mol. The van der Waals surface area contributed by atoms with E-state index in [1.807, 2.05) is 13.8 Å². The van der Waals surface area contributed by atoms with Crippen molar-refractivity contribution in [1.29, 1.82) is 0 Å². The molecule has 0 spiro atoms. The molecule has 3 saturated heterocycles. The Morgan fingerprint density at radius 1 is 0.828 bits per heavy atom. The summed E-state index contributed by atoms with van der Waals surface area (Å²) < 4.78 is 75.0. The van der Waals surface area contributed by atoms with Crippen molar-refractivity contribution in [3.63, 3.8) is 0 Å². The van der Waals surface area contributed by atoms with Crippen LogP contribution in [0.25, 0.3) is 0 Å². The molecule has 3 aliphatic heterocycles. The largest absolute Gasteiger partial charge is 0.397 e. The Morgan fingerprint density at radius 2 is 1.47 bits per heavy atom. The van der Waals surface area contributed by atoms with Crippen LogP contribution < -0.4 is 0 Å². The van der Waals surface area contributed by atoms with E-state index in [1.54, 1.807) is 13.8 Å². The van der Waals surface area contributed by atoms with Crippen LogP contribution in [0.5, 0.6) is 0 Å². The van der Waals surface area contributed by atoms with E-state index in [4.69, 9.17) is 32.6 Å². The molecule has 0 unspecified atom stereocenters. The summed E-state index contributed by atoms with van der Waals surface area (Å²) in [5, 5.41) is 88.3. The minimum absolute atomic E-state index is 0.0243. The van der Waals surface area contributed by atoms with Gasteiger partial charge in [-0.3, -0.25) is 9.35 Å². The van der Waals surface area contributed by atoms with Crippen molar-refractivity contribution in [1.82, 2.24) is 0 Å². The Labute approximate surface area is 375 Å². The van der Waals surface area contributed by atoms with Crippen molar-refractivity contribution in [2.45, 2.75) is 210 Å². The van der Waals surface area contributed by atoms with Crippen LogP contribution in [-0.4, -0.2) is 170 Å². The molecule has 9 N–H and O–H groups in total. The van der Waals surface area contributed by atoms with Crippen molar-refractivity contribution in [3.8, 4) is 0 Å². The van der Waals surface area contributed by atoms with Crippen molar-refractivity contribution in [2.75, 3.05) is 6.61 Å². The summed E-state index contributed by atoms with van der Waals surface area (Å²) in [5.41, 5.74) is -0.951. The third-order valence-electron chi connectivity index (χ3n) is 16.1. The molecule has 0 aromatic rings. The van der Waals surface area contributed by atoms with Crippen LogP contribution in [0.3, 0.4) is 0 Å². The lowest BCUT2D eigenvalue weighted by molar-refractivity contribution is -0.379. The van der Waals surface area contributed by atoms with Gasteiger partial charge < -0.3 is 69.3 Å². The molecule has 0 bridgehead atoms. The van der Waals surface area contributed by atoms with Gasteiger partial charge in [0.15, 0.2) is 18.9 Å². The van der Waals surface area contributed by atoms with Gasteiger partial charge in [-0.15, -0.1) is 0 Å². The molecule has 20 heteroatoms. The van der Waals surface area contributed by atoms with Gasteiger partial charge in [0.1, 0.15) is 60.7 Å². The molecule has 4 aliphatic carbocycles. The fourth-order valence-electron chi connectivity index (χ4n) is 12.9. The molecule has 368 valence electrons. The van der Waals surface area contributed by atoms with Crippen LogP contribution in [0.15, 0.2) is 11.6 Å². The fraction of sp³-hybridized carbons (Fsp3) is 0.932. The van der Waals surface area contributed by atoms with Crippen molar-refractivity contribution >= 4 is 16.2 Å². The first-order chi connectivity index (χ1) is 29.8. The first-order valence-electron chi connectivity index (χ1n) is 23.0. The van der Waals surface area contributed by atoms with Gasteiger partial charge in [-0.2, -0.15) is 8.42 Å². The zero-order chi connectivity index (χ0) is 47.0. The summed E-state index contributed by atoms with van der Waals surface area (Å²) in [5.74, 6) is -0.365. The highest BCUT2D eigenvalue weighted by atomic mass is 32.3. The van der Waals surface area contributed by atoms with Crippen LogP contribution in [0.1, 0.15) is 106 Å². The van der Waals surface area contributed by atoms with Gasteiger partial charge in [-0.05, 0) is 106 Å². The van der Waals surface area contributed by atoms with E-state index in [0.29, 0.717) is 38.5 Å². The quantitative estimate of drug-likeness (QED) is 0.0905. The van der Waals surface area contributed by atoms with Crippen LogP contribution >= 0.6 is 0 Å². The lowest BCUT2D eigenvalue weighted by atomic mass is 9.47. The van der Waals surface area contributed by atoms with Crippen LogP contribution in [0, 0.1) is 40.4 Å². The molecule has 3 heterocycles. The molecule has 19 nitrogen and oxygen atoms in total. The summed E-state index contributed by atoms with van der Waals surface area (Å²) in [6, 6.07) is 0. The van der Waals surface area contributed by atoms with E-state index in [9.17, 15) is 58.6 Å². The average Bonchev–Trinajstić information content (AvgIpc) is 3.57. The lowest BCUT2D eigenvalue weighted by Crippen LogP contribution is -2.65. The topological polar surface area (TPSA) is 298 Å². The van der Waals surface area contributed by atoms with Crippen molar-refractivity contribution in [2.24, 2.45) is 40.4 Å². The molecule has 7 aliphatic rings. The maximum Gasteiger partial charge on any atom is 0.397 e. The lowest BCUT2D eigenvalue weighted by Gasteiger charge is -2.60. The van der Waals surface area contributed by atoms with Gasteiger partial charge in [0.05, 0.1) is 36.6 Å². The molecule has 7 rings (SSSR count). The zero-order valence-electron chi connectivity index (χ0n) is 37.8. The summed E-state index contributed by atoms with van der Waals surface area (Å²) in [6.45, 7) is 12.6. The maximum absolute atomic E-state index is 13.1. The average molecular weight is 937 g/mol. The molecule has 6 fully saturated rings.